The third-order valence-electron chi connectivity index (χ3n) is 1.97. The molecular weight excluding hydrogens is 154 g/mol. The lowest BCUT2D eigenvalue weighted by Crippen LogP contribution is -1.96. The predicted octanol–water partition coefficient (Wildman–Crippen LogP) is 0.375. The van der Waals surface area contributed by atoms with Crippen LogP contribution in [0.4, 0.5) is 0 Å². The van der Waals surface area contributed by atoms with Crippen molar-refractivity contribution in [1.29, 1.82) is 0 Å². The SMILES string of the molecule is Cc1nnnc2c1nc(C)n2C. The van der Waals surface area contributed by atoms with Gasteiger partial charge in [0.15, 0.2) is 5.65 Å². The van der Waals surface area contributed by atoms with Gasteiger partial charge < -0.3 is 4.57 Å². The van der Waals surface area contributed by atoms with Crippen LogP contribution in [0, 0.1) is 13.8 Å². The van der Waals surface area contributed by atoms with Crippen LogP contribution in [0.25, 0.3) is 11.2 Å². The maximum Gasteiger partial charge on any atom is 0.186 e. The van der Waals surface area contributed by atoms with Gasteiger partial charge in [0.05, 0.1) is 5.69 Å². The molecular formula is C7H9N5. The molecule has 0 unspecified atom stereocenters. The number of fused-ring (bicyclic) bond motifs is 1. The summed E-state index contributed by atoms with van der Waals surface area (Å²) >= 11 is 0. The highest BCUT2D eigenvalue weighted by molar-refractivity contribution is 5.72. The zero-order valence-corrected chi connectivity index (χ0v) is 7.24. The van der Waals surface area contributed by atoms with E-state index < -0.39 is 0 Å². The molecule has 2 aromatic heterocycles. The molecule has 2 heterocycles. The Balaban J connectivity index is 2.95. The van der Waals surface area contributed by atoms with Crippen molar-refractivity contribution in [1.82, 2.24) is 25.0 Å². The maximum absolute atomic E-state index is 4.31. The second-order valence-corrected chi connectivity index (χ2v) is 2.77. The molecule has 0 saturated heterocycles. The summed E-state index contributed by atoms with van der Waals surface area (Å²) in [5, 5.41) is 11.4. The van der Waals surface area contributed by atoms with E-state index in [0.717, 1.165) is 22.7 Å². The van der Waals surface area contributed by atoms with Gasteiger partial charge in [-0.1, -0.05) is 0 Å². The Morgan fingerprint density at radius 2 is 1.92 bits per heavy atom. The molecule has 0 saturated carbocycles. The quantitative estimate of drug-likeness (QED) is 0.563. The molecule has 5 nitrogen and oxygen atoms in total. The Kier molecular flexibility index (Phi) is 1.33. The first-order valence-electron chi connectivity index (χ1n) is 3.69. The average molecular weight is 163 g/mol. The highest BCUT2D eigenvalue weighted by Crippen LogP contribution is 2.11. The second kappa shape index (κ2) is 2.23. The lowest BCUT2D eigenvalue weighted by atomic mass is 10.4. The minimum absolute atomic E-state index is 0.792. The van der Waals surface area contributed by atoms with Crippen LogP contribution in [0.3, 0.4) is 0 Å². The van der Waals surface area contributed by atoms with E-state index in [0.29, 0.717) is 0 Å². The van der Waals surface area contributed by atoms with Crippen molar-refractivity contribution in [2.45, 2.75) is 13.8 Å². The Hall–Kier alpha value is -1.52. The standard InChI is InChI=1S/C7H9N5/c1-4-6-7(10-11-9-4)12(3)5(2)8-6/h1-3H3. The largest absolute Gasteiger partial charge is 0.314 e. The Labute approximate surface area is 69.4 Å². The van der Waals surface area contributed by atoms with E-state index in [4.69, 9.17) is 0 Å². The third-order valence-corrected chi connectivity index (χ3v) is 1.97. The van der Waals surface area contributed by atoms with E-state index >= 15 is 0 Å². The number of aryl methyl sites for hydroxylation is 3. The lowest BCUT2D eigenvalue weighted by Gasteiger charge is -1.93. The van der Waals surface area contributed by atoms with Crippen LogP contribution in [0.15, 0.2) is 0 Å². The number of imidazole rings is 1. The van der Waals surface area contributed by atoms with E-state index in [1.807, 2.05) is 25.5 Å². The first-order chi connectivity index (χ1) is 5.70. The minimum Gasteiger partial charge on any atom is -0.314 e. The monoisotopic (exact) mass is 163 g/mol. The van der Waals surface area contributed by atoms with Crippen molar-refractivity contribution in [3.8, 4) is 0 Å². The van der Waals surface area contributed by atoms with Gasteiger partial charge in [0, 0.05) is 7.05 Å². The van der Waals surface area contributed by atoms with Gasteiger partial charge in [0.25, 0.3) is 0 Å². The van der Waals surface area contributed by atoms with Crippen LogP contribution in [-0.4, -0.2) is 25.0 Å². The first-order valence-corrected chi connectivity index (χ1v) is 3.69. The fourth-order valence-electron chi connectivity index (χ4n) is 1.14. The molecule has 0 radical (unpaired) electrons. The fraction of sp³-hybridized carbons (Fsp3) is 0.429. The topological polar surface area (TPSA) is 56.5 Å². The zero-order chi connectivity index (χ0) is 8.72. The van der Waals surface area contributed by atoms with Crippen LogP contribution >= 0.6 is 0 Å². The van der Waals surface area contributed by atoms with Gasteiger partial charge in [0.1, 0.15) is 11.3 Å². The van der Waals surface area contributed by atoms with Gasteiger partial charge in [-0.15, -0.1) is 10.2 Å². The summed E-state index contributed by atoms with van der Waals surface area (Å²) in [5.41, 5.74) is 2.45. The molecule has 0 spiro atoms. The van der Waals surface area contributed by atoms with Crippen molar-refractivity contribution >= 4 is 11.2 Å². The Bertz CT molecular complexity index is 431. The summed E-state index contributed by atoms with van der Waals surface area (Å²) in [7, 11) is 1.92. The van der Waals surface area contributed by atoms with E-state index in [-0.39, 0.29) is 0 Å². The molecule has 0 atom stereocenters. The highest BCUT2D eigenvalue weighted by Gasteiger charge is 2.08. The van der Waals surface area contributed by atoms with Gasteiger partial charge in [-0.3, -0.25) is 0 Å². The predicted molar refractivity (Wildman–Crippen MR) is 43.6 cm³/mol. The van der Waals surface area contributed by atoms with Crippen LogP contribution in [0.5, 0.6) is 0 Å². The van der Waals surface area contributed by atoms with Gasteiger partial charge in [-0.2, -0.15) is 0 Å². The van der Waals surface area contributed by atoms with Crippen LogP contribution in [-0.2, 0) is 7.05 Å². The Morgan fingerprint density at radius 3 is 2.58 bits per heavy atom. The van der Waals surface area contributed by atoms with E-state index in [2.05, 4.69) is 20.4 Å². The number of rotatable bonds is 0. The lowest BCUT2D eigenvalue weighted by molar-refractivity contribution is 0.821. The summed E-state index contributed by atoms with van der Waals surface area (Å²) in [6, 6.07) is 0. The molecule has 62 valence electrons. The van der Waals surface area contributed by atoms with E-state index in [9.17, 15) is 0 Å². The highest BCUT2D eigenvalue weighted by atomic mass is 15.3. The average Bonchev–Trinajstić information content (AvgIpc) is 2.32. The normalized spacial score (nSPS) is 10.9. The zero-order valence-electron chi connectivity index (χ0n) is 7.24. The molecule has 0 aliphatic heterocycles. The molecule has 0 bridgehead atoms. The van der Waals surface area contributed by atoms with Crippen LogP contribution in [0.2, 0.25) is 0 Å². The van der Waals surface area contributed by atoms with Crippen molar-refractivity contribution in [2.75, 3.05) is 0 Å². The summed E-state index contributed by atoms with van der Waals surface area (Å²) in [6.45, 7) is 3.81. The van der Waals surface area contributed by atoms with Crippen molar-refractivity contribution in [3.05, 3.63) is 11.5 Å². The molecule has 0 aliphatic carbocycles. The molecule has 5 heteroatoms. The van der Waals surface area contributed by atoms with Crippen molar-refractivity contribution < 1.29 is 0 Å². The van der Waals surface area contributed by atoms with E-state index in [1.54, 1.807) is 0 Å². The summed E-state index contributed by atoms with van der Waals surface area (Å²) in [6.07, 6.45) is 0. The minimum atomic E-state index is 0.792. The molecule has 0 fully saturated rings. The molecule has 0 amide bonds. The van der Waals surface area contributed by atoms with E-state index in [1.165, 1.54) is 0 Å². The number of hydrogen-bond acceptors (Lipinski definition) is 4. The number of nitrogens with zero attached hydrogens (tertiary/aromatic N) is 5. The number of aromatic nitrogens is 5. The van der Waals surface area contributed by atoms with Gasteiger partial charge >= 0.3 is 0 Å². The molecule has 2 rings (SSSR count). The smallest absolute Gasteiger partial charge is 0.186 e. The second-order valence-electron chi connectivity index (χ2n) is 2.77. The molecule has 0 aliphatic rings. The summed E-state index contributed by atoms with van der Waals surface area (Å²) in [4.78, 5) is 4.31. The molecule has 12 heavy (non-hydrogen) atoms. The van der Waals surface area contributed by atoms with Crippen LogP contribution < -0.4 is 0 Å². The first kappa shape index (κ1) is 7.15. The van der Waals surface area contributed by atoms with Crippen LogP contribution in [0.1, 0.15) is 11.5 Å². The third kappa shape index (κ3) is 0.792. The fourth-order valence-corrected chi connectivity index (χ4v) is 1.14. The summed E-state index contributed by atoms with van der Waals surface area (Å²) < 4.78 is 1.90. The Morgan fingerprint density at radius 1 is 1.17 bits per heavy atom. The maximum atomic E-state index is 4.31. The van der Waals surface area contributed by atoms with Crippen molar-refractivity contribution in [3.63, 3.8) is 0 Å². The van der Waals surface area contributed by atoms with Gasteiger partial charge in [-0.05, 0) is 19.1 Å². The number of hydrogen-bond donors (Lipinski definition) is 0. The summed E-state index contributed by atoms with van der Waals surface area (Å²) in [5.74, 6) is 0.926. The molecule has 0 aromatic carbocycles. The van der Waals surface area contributed by atoms with Gasteiger partial charge in [-0.25, -0.2) is 4.98 Å². The molecule has 0 N–H and O–H groups in total. The van der Waals surface area contributed by atoms with Crippen molar-refractivity contribution in [2.24, 2.45) is 7.05 Å². The molecule has 2 aromatic rings. The van der Waals surface area contributed by atoms with Gasteiger partial charge in [0.2, 0.25) is 0 Å².